The van der Waals surface area contributed by atoms with Crippen LogP contribution in [0, 0.1) is 0 Å². The number of aromatic nitrogens is 1. The Labute approximate surface area is 92.4 Å². The zero-order chi connectivity index (χ0) is 11.0. The number of hydrogen-bond donors (Lipinski definition) is 1. The second-order valence-corrected chi connectivity index (χ2v) is 4.00. The maximum Gasteiger partial charge on any atom is 0.139 e. The van der Waals surface area contributed by atoms with Gasteiger partial charge in [0.2, 0.25) is 0 Å². The summed E-state index contributed by atoms with van der Waals surface area (Å²) < 4.78 is 15.4. The van der Waals surface area contributed by atoms with E-state index >= 15 is 0 Å². The molecule has 0 aliphatic heterocycles. The van der Waals surface area contributed by atoms with Gasteiger partial charge in [0.05, 0.1) is 0 Å². The lowest BCUT2D eigenvalue weighted by atomic mass is 10.1. The Morgan fingerprint density at radius 3 is 2.93 bits per heavy atom. The Hall–Kier alpha value is -1.06. The van der Waals surface area contributed by atoms with Gasteiger partial charge >= 0.3 is 0 Å². The molecule has 0 saturated carbocycles. The molecule has 2 nitrogen and oxygen atoms in total. The van der Waals surface area contributed by atoms with Crippen molar-refractivity contribution in [1.82, 2.24) is 4.57 Å². The highest BCUT2D eigenvalue weighted by molar-refractivity contribution is 6.31. The van der Waals surface area contributed by atoms with Gasteiger partial charge in [-0.05, 0) is 12.1 Å². The van der Waals surface area contributed by atoms with E-state index in [1.807, 2.05) is 23.7 Å². The van der Waals surface area contributed by atoms with Crippen LogP contribution < -0.4 is 5.73 Å². The van der Waals surface area contributed by atoms with Crippen LogP contribution in [0.15, 0.2) is 24.4 Å². The number of rotatable bonds is 2. The molecule has 1 atom stereocenters. The van der Waals surface area contributed by atoms with Gasteiger partial charge in [-0.25, -0.2) is 4.39 Å². The summed E-state index contributed by atoms with van der Waals surface area (Å²) in [5, 5.41) is 1.53. The Balaban J connectivity index is 2.68. The molecule has 0 spiro atoms. The number of benzene rings is 1. The largest absolute Gasteiger partial charge is 0.350 e. The van der Waals surface area contributed by atoms with Crippen molar-refractivity contribution in [3.63, 3.8) is 0 Å². The van der Waals surface area contributed by atoms with Crippen molar-refractivity contribution in [3.8, 4) is 0 Å². The van der Waals surface area contributed by atoms with Crippen LogP contribution in [0.3, 0.4) is 0 Å². The fourth-order valence-electron chi connectivity index (χ4n) is 1.77. The average molecular weight is 227 g/mol. The van der Waals surface area contributed by atoms with Crippen molar-refractivity contribution in [2.24, 2.45) is 12.8 Å². The monoisotopic (exact) mass is 226 g/mol. The summed E-state index contributed by atoms with van der Waals surface area (Å²) in [5.74, 6) is 0. The predicted octanol–water partition coefficient (Wildman–Crippen LogP) is 2.80. The Morgan fingerprint density at radius 2 is 2.27 bits per heavy atom. The Bertz CT molecular complexity index is 493. The molecule has 2 rings (SSSR count). The van der Waals surface area contributed by atoms with Crippen LogP contribution in [-0.4, -0.2) is 11.1 Å². The second-order valence-electron chi connectivity index (χ2n) is 3.56. The Kier molecular flexibility index (Phi) is 2.67. The average Bonchev–Trinajstić information content (AvgIpc) is 2.55. The summed E-state index contributed by atoms with van der Waals surface area (Å²) in [6.45, 7) is 0.00173. The summed E-state index contributed by atoms with van der Waals surface area (Å²) in [6.07, 6.45) is 0.647. The number of aryl methyl sites for hydroxylation is 1. The van der Waals surface area contributed by atoms with Gasteiger partial charge in [0.25, 0.3) is 0 Å². The molecule has 2 N–H and O–H groups in total. The zero-order valence-electron chi connectivity index (χ0n) is 8.37. The Morgan fingerprint density at radius 1 is 1.53 bits per heavy atom. The van der Waals surface area contributed by atoms with Crippen molar-refractivity contribution < 1.29 is 4.39 Å². The molecule has 80 valence electrons. The van der Waals surface area contributed by atoms with Gasteiger partial charge in [-0.3, -0.25) is 0 Å². The molecule has 0 aliphatic rings. The van der Waals surface area contributed by atoms with Crippen LogP contribution in [0.2, 0.25) is 5.02 Å². The lowest BCUT2D eigenvalue weighted by Gasteiger charge is -2.02. The highest BCUT2D eigenvalue weighted by Crippen LogP contribution is 2.29. The van der Waals surface area contributed by atoms with Gasteiger partial charge < -0.3 is 10.3 Å². The molecule has 0 amide bonds. The molecule has 0 fully saturated rings. The minimum absolute atomic E-state index is 0.00173. The number of nitrogens with zero attached hydrogens (tertiary/aromatic N) is 1. The lowest BCUT2D eigenvalue weighted by Crippen LogP contribution is -2.07. The number of halogens is 2. The fraction of sp³-hybridized carbons (Fsp3) is 0.273. The first kappa shape index (κ1) is 10.5. The summed E-state index contributed by atoms with van der Waals surface area (Å²) in [6, 6.07) is 5.41. The van der Waals surface area contributed by atoms with Crippen LogP contribution in [0.4, 0.5) is 4.39 Å². The number of hydrogen-bond acceptors (Lipinski definition) is 1. The minimum Gasteiger partial charge on any atom is -0.350 e. The molecular weight excluding hydrogens is 215 g/mol. The lowest BCUT2D eigenvalue weighted by molar-refractivity contribution is 0.355. The van der Waals surface area contributed by atoms with E-state index in [2.05, 4.69) is 0 Å². The highest BCUT2D eigenvalue weighted by Gasteiger charge is 2.14. The van der Waals surface area contributed by atoms with Crippen molar-refractivity contribution in [3.05, 3.63) is 35.0 Å². The summed E-state index contributed by atoms with van der Waals surface area (Å²) in [5.41, 5.74) is 6.88. The second kappa shape index (κ2) is 3.83. The van der Waals surface area contributed by atoms with E-state index in [-0.39, 0.29) is 6.54 Å². The quantitative estimate of drug-likeness (QED) is 0.839. The number of alkyl halides is 1. The van der Waals surface area contributed by atoms with E-state index in [4.69, 9.17) is 17.3 Å². The summed E-state index contributed by atoms with van der Waals surface area (Å²) >= 11 is 5.88. The van der Waals surface area contributed by atoms with Gasteiger partial charge in [-0.15, -0.1) is 0 Å². The number of nitrogens with two attached hydrogens (primary N) is 1. The molecule has 0 saturated heterocycles. The minimum atomic E-state index is -1.12. The van der Waals surface area contributed by atoms with Crippen LogP contribution in [0.5, 0.6) is 0 Å². The van der Waals surface area contributed by atoms with E-state index < -0.39 is 6.17 Å². The van der Waals surface area contributed by atoms with E-state index in [0.29, 0.717) is 10.6 Å². The fourth-order valence-corrected chi connectivity index (χ4v) is 1.93. The third-order valence-corrected chi connectivity index (χ3v) is 2.76. The molecule has 1 heterocycles. The maximum absolute atomic E-state index is 13.5. The van der Waals surface area contributed by atoms with Gasteiger partial charge in [0, 0.05) is 41.3 Å². The predicted molar refractivity (Wildman–Crippen MR) is 60.8 cm³/mol. The highest BCUT2D eigenvalue weighted by atomic mass is 35.5. The molecule has 4 heteroatoms. The van der Waals surface area contributed by atoms with E-state index in [1.165, 1.54) is 0 Å². The van der Waals surface area contributed by atoms with E-state index in [0.717, 1.165) is 10.9 Å². The molecule has 1 aromatic carbocycles. The first-order valence-electron chi connectivity index (χ1n) is 4.72. The molecule has 0 bridgehead atoms. The number of fused-ring (bicyclic) bond motifs is 1. The molecule has 0 aliphatic carbocycles. The third kappa shape index (κ3) is 1.73. The summed E-state index contributed by atoms with van der Waals surface area (Å²) in [4.78, 5) is 0. The first-order chi connectivity index (χ1) is 7.13. The first-order valence-corrected chi connectivity index (χ1v) is 5.10. The van der Waals surface area contributed by atoms with Crippen LogP contribution in [-0.2, 0) is 7.05 Å². The van der Waals surface area contributed by atoms with Gasteiger partial charge in [-0.1, -0.05) is 17.7 Å². The zero-order valence-corrected chi connectivity index (χ0v) is 9.13. The SMILES string of the molecule is Cn1cc(C(F)CN)c2ccc(Cl)cc21. The standard InChI is InChI=1S/C11H12ClFN2/c1-15-6-9(10(13)5-14)8-3-2-7(12)4-11(8)15/h2-4,6,10H,5,14H2,1H3. The van der Waals surface area contributed by atoms with Crippen LogP contribution in [0.25, 0.3) is 10.9 Å². The van der Waals surface area contributed by atoms with E-state index in [9.17, 15) is 4.39 Å². The molecule has 15 heavy (non-hydrogen) atoms. The van der Waals surface area contributed by atoms with Crippen molar-refractivity contribution in [1.29, 1.82) is 0 Å². The maximum atomic E-state index is 13.5. The van der Waals surface area contributed by atoms with Gasteiger partial charge in [-0.2, -0.15) is 0 Å². The van der Waals surface area contributed by atoms with Gasteiger partial charge in [0.1, 0.15) is 6.17 Å². The smallest absolute Gasteiger partial charge is 0.139 e. The van der Waals surface area contributed by atoms with Crippen LogP contribution >= 0.6 is 11.6 Å². The molecule has 0 radical (unpaired) electrons. The molecule has 2 aromatic rings. The van der Waals surface area contributed by atoms with Crippen LogP contribution in [0.1, 0.15) is 11.7 Å². The topological polar surface area (TPSA) is 30.9 Å². The van der Waals surface area contributed by atoms with E-state index in [1.54, 1.807) is 12.3 Å². The summed E-state index contributed by atoms with van der Waals surface area (Å²) in [7, 11) is 1.87. The molecule has 1 unspecified atom stereocenters. The normalized spacial score (nSPS) is 13.3. The van der Waals surface area contributed by atoms with Crippen molar-refractivity contribution >= 4 is 22.5 Å². The van der Waals surface area contributed by atoms with Gasteiger partial charge in [0.15, 0.2) is 0 Å². The molecule has 1 aromatic heterocycles. The van der Waals surface area contributed by atoms with Crippen molar-refractivity contribution in [2.75, 3.05) is 6.54 Å². The molecular formula is C11H12ClFN2. The van der Waals surface area contributed by atoms with Crippen molar-refractivity contribution in [2.45, 2.75) is 6.17 Å². The third-order valence-electron chi connectivity index (χ3n) is 2.53.